The van der Waals surface area contributed by atoms with Crippen molar-refractivity contribution in [3.63, 3.8) is 0 Å². The molecule has 2 rings (SSSR count). The maximum absolute atomic E-state index is 12.6. The minimum atomic E-state index is -0.481. The summed E-state index contributed by atoms with van der Waals surface area (Å²) in [6, 6.07) is 14.2. The molecule has 0 bridgehead atoms. The van der Waals surface area contributed by atoms with Gasteiger partial charge >= 0.3 is 5.97 Å². The molecular formula is C21H25N3O5. The lowest BCUT2D eigenvalue weighted by Gasteiger charge is -2.24. The average molecular weight is 399 g/mol. The van der Waals surface area contributed by atoms with Crippen LogP contribution in [0.25, 0.3) is 0 Å². The fourth-order valence-electron chi connectivity index (χ4n) is 3.04. The molecule has 2 aromatic rings. The Hall–Kier alpha value is -3.26. The number of rotatable bonds is 9. The van der Waals surface area contributed by atoms with Gasteiger partial charge < -0.3 is 10.1 Å². The van der Waals surface area contributed by atoms with Gasteiger partial charge in [0, 0.05) is 19.2 Å². The molecule has 0 aliphatic carbocycles. The van der Waals surface area contributed by atoms with Gasteiger partial charge in [-0.2, -0.15) is 0 Å². The Morgan fingerprint density at radius 3 is 2.48 bits per heavy atom. The first-order valence-electron chi connectivity index (χ1n) is 9.19. The van der Waals surface area contributed by atoms with Gasteiger partial charge in [0.25, 0.3) is 5.69 Å². The maximum atomic E-state index is 12.6. The SMILES string of the molecule is COC(=O)C(C)CN(CC(=O)Nc1cccc([N+](=O)[O-])c1C)Cc1ccccc1. The zero-order valence-corrected chi connectivity index (χ0v) is 16.8. The Labute approximate surface area is 169 Å². The number of nitrogens with zero attached hydrogens (tertiary/aromatic N) is 2. The molecule has 0 radical (unpaired) electrons. The van der Waals surface area contributed by atoms with E-state index in [4.69, 9.17) is 4.74 Å². The van der Waals surface area contributed by atoms with E-state index >= 15 is 0 Å². The predicted octanol–water partition coefficient (Wildman–Crippen LogP) is 3.15. The van der Waals surface area contributed by atoms with Gasteiger partial charge in [0.2, 0.25) is 5.91 Å². The molecule has 0 saturated carbocycles. The minimum Gasteiger partial charge on any atom is -0.469 e. The van der Waals surface area contributed by atoms with E-state index < -0.39 is 10.8 Å². The molecule has 2 aromatic carbocycles. The predicted molar refractivity (Wildman–Crippen MR) is 109 cm³/mol. The lowest BCUT2D eigenvalue weighted by Crippen LogP contribution is -2.37. The van der Waals surface area contributed by atoms with Crippen molar-refractivity contribution >= 4 is 23.3 Å². The van der Waals surface area contributed by atoms with Crippen molar-refractivity contribution in [1.29, 1.82) is 0 Å². The molecule has 1 amide bonds. The van der Waals surface area contributed by atoms with Gasteiger partial charge in [0.15, 0.2) is 0 Å². The van der Waals surface area contributed by atoms with Crippen molar-refractivity contribution in [2.45, 2.75) is 20.4 Å². The van der Waals surface area contributed by atoms with E-state index in [-0.39, 0.29) is 24.1 Å². The number of methoxy groups -OCH3 is 1. The molecule has 0 fully saturated rings. The van der Waals surface area contributed by atoms with Crippen LogP contribution in [0.1, 0.15) is 18.1 Å². The van der Waals surface area contributed by atoms with Crippen LogP contribution >= 0.6 is 0 Å². The van der Waals surface area contributed by atoms with Crippen molar-refractivity contribution in [1.82, 2.24) is 4.90 Å². The molecule has 0 spiro atoms. The van der Waals surface area contributed by atoms with Gasteiger partial charge in [-0.1, -0.05) is 43.3 Å². The topological polar surface area (TPSA) is 102 Å². The van der Waals surface area contributed by atoms with E-state index in [0.717, 1.165) is 5.56 Å². The molecule has 1 atom stereocenters. The monoisotopic (exact) mass is 399 g/mol. The highest BCUT2D eigenvalue weighted by molar-refractivity contribution is 5.93. The Balaban J connectivity index is 2.12. The molecule has 0 saturated heterocycles. The van der Waals surface area contributed by atoms with Gasteiger partial charge in [-0.25, -0.2) is 0 Å². The molecule has 0 heterocycles. The Kier molecular flexibility index (Phi) is 7.85. The summed E-state index contributed by atoms with van der Waals surface area (Å²) in [5, 5.41) is 13.8. The lowest BCUT2D eigenvalue weighted by atomic mass is 10.1. The Morgan fingerprint density at radius 2 is 1.86 bits per heavy atom. The van der Waals surface area contributed by atoms with Gasteiger partial charge in [-0.3, -0.25) is 24.6 Å². The van der Waals surface area contributed by atoms with E-state index in [2.05, 4.69) is 5.32 Å². The number of ether oxygens (including phenoxy) is 1. The van der Waals surface area contributed by atoms with Gasteiger partial charge in [-0.15, -0.1) is 0 Å². The molecule has 1 N–H and O–H groups in total. The first kappa shape index (κ1) is 22.0. The number of nitro groups is 1. The number of carbonyl (C=O) groups excluding carboxylic acids is 2. The average Bonchev–Trinajstić information content (AvgIpc) is 2.69. The highest BCUT2D eigenvalue weighted by atomic mass is 16.6. The van der Waals surface area contributed by atoms with Crippen molar-refractivity contribution in [3.05, 3.63) is 69.8 Å². The van der Waals surface area contributed by atoms with Crippen molar-refractivity contribution in [2.75, 3.05) is 25.5 Å². The number of nitro benzene ring substituents is 1. The fraction of sp³-hybridized carbons (Fsp3) is 0.333. The fourth-order valence-corrected chi connectivity index (χ4v) is 3.04. The van der Waals surface area contributed by atoms with Crippen molar-refractivity contribution < 1.29 is 19.2 Å². The van der Waals surface area contributed by atoms with Gasteiger partial charge in [0.1, 0.15) is 0 Å². The number of hydrogen-bond donors (Lipinski definition) is 1. The van der Waals surface area contributed by atoms with Crippen LogP contribution < -0.4 is 5.32 Å². The summed E-state index contributed by atoms with van der Waals surface area (Å²) in [7, 11) is 1.33. The second-order valence-electron chi connectivity index (χ2n) is 6.83. The number of hydrogen-bond acceptors (Lipinski definition) is 6. The van der Waals surface area contributed by atoms with E-state index in [9.17, 15) is 19.7 Å². The van der Waals surface area contributed by atoms with Crippen LogP contribution in [-0.4, -0.2) is 41.9 Å². The maximum Gasteiger partial charge on any atom is 0.309 e. The Morgan fingerprint density at radius 1 is 1.17 bits per heavy atom. The first-order valence-corrected chi connectivity index (χ1v) is 9.19. The summed E-state index contributed by atoms with van der Waals surface area (Å²) in [4.78, 5) is 36.9. The number of carbonyl (C=O) groups is 2. The third kappa shape index (κ3) is 6.39. The molecule has 8 heteroatoms. The normalized spacial score (nSPS) is 11.7. The highest BCUT2D eigenvalue weighted by Gasteiger charge is 2.21. The van der Waals surface area contributed by atoms with E-state index in [0.29, 0.717) is 24.3 Å². The molecule has 0 aromatic heterocycles. The smallest absolute Gasteiger partial charge is 0.309 e. The molecular weight excluding hydrogens is 374 g/mol. The van der Waals surface area contributed by atoms with Crippen molar-refractivity contribution in [3.8, 4) is 0 Å². The zero-order chi connectivity index (χ0) is 21.4. The van der Waals surface area contributed by atoms with Crippen LogP contribution in [0, 0.1) is 23.0 Å². The van der Waals surface area contributed by atoms with Crippen LogP contribution in [0.5, 0.6) is 0 Å². The second kappa shape index (κ2) is 10.3. The van der Waals surface area contributed by atoms with E-state index in [1.165, 1.54) is 19.2 Å². The molecule has 1 unspecified atom stereocenters. The summed E-state index contributed by atoms with van der Waals surface area (Å²) in [6.07, 6.45) is 0. The van der Waals surface area contributed by atoms with Gasteiger partial charge in [-0.05, 0) is 18.6 Å². The summed E-state index contributed by atoms with van der Waals surface area (Å²) in [6.45, 7) is 4.17. The number of nitrogens with one attached hydrogen (secondary N) is 1. The summed E-state index contributed by atoms with van der Waals surface area (Å²) in [5.41, 5.74) is 1.74. The van der Waals surface area contributed by atoms with Gasteiger partial charge in [0.05, 0.1) is 35.7 Å². The first-order chi connectivity index (χ1) is 13.8. The lowest BCUT2D eigenvalue weighted by molar-refractivity contribution is -0.385. The molecule has 29 heavy (non-hydrogen) atoms. The number of benzene rings is 2. The number of esters is 1. The molecule has 0 aliphatic heterocycles. The van der Waals surface area contributed by atoms with Crippen LogP contribution in [0.3, 0.4) is 0 Å². The Bertz CT molecular complexity index is 870. The zero-order valence-electron chi connectivity index (χ0n) is 16.8. The summed E-state index contributed by atoms with van der Waals surface area (Å²) < 4.78 is 4.79. The highest BCUT2D eigenvalue weighted by Crippen LogP contribution is 2.25. The third-order valence-corrected chi connectivity index (χ3v) is 4.53. The summed E-state index contributed by atoms with van der Waals surface area (Å²) >= 11 is 0. The quantitative estimate of drug-likeness (QED) is 0.395. The van der Waals surface area contributed by atoms with Crippen LogP contribution in [0.15, 0.2) is 48.5 Å². The third-order valence-electron chi connectivity index (χ3n) is 4.53. The van der Waals surface area contributed by atoms with Crippen LogP contribution in [0.4, 0.5) is 11.4 Å². The number of amides is 1. The molecule has 8 nitrogen and oxygen atoms in total. The standard InChI is InChI=1S/C21H25N3O5/c1-15(21(26)29-3)12-23(13-17-8-5-4-6-9-17)14-20(25)22-18-10-7-11-19(16(18)2)24(27)28/h4-11,15H,12-14H2,1-3H3,(H,22,25). The summed E-state index contributed by atoms with van der Waals surface area (Å²) in [5.74, 6) is -1.07. The second-order valence-corrected chi connectivity index (χ2v) is 6.83. The minimum absolute atomic E-state index is 0.0262. The van der Waals surface area contributed by atoms with Crippen molar-refractivity contribution in [2.24, 2.45) is 5.92 Å². The number of anilines is 1. The largest absolute Gasteiger partial charge is 0.469 e. The van der Waals surface area contributed by atoms with Crippen LogP contribution in [0.2, 0.25) is 0 Å². The van der Waals surface area contributed by atoms with E-state index in [1.54, 1.807) is 19.9 Å². The molecule has 154 valence electrons. The van der Waals surface area contributed by atoms with E-state index in [1.807, 2.05) is 35.2 Å². The van der Waals surface area contributed by atoms with Crippen LogP contribution in [-0.2, 0) is 20.9 Å². The molecule has 0 aliphatic rings.